The summed E-state index contributed by atoms with van der Waals surface area (Å²) in [4.78, 5) is 4.49. The number of anilines is 1. The van der Waals surface area contributed by atoms with Gasteiger partial charge in [-0.1, -0.05) is 36.4 Å². The normalized spacial score (nSPS) is 12.8. The Balaban J connectivity index is 1.52. The fourth-order valence-electron chi connectivity index (χ4n) is 3.01. The summed E-state index contributed by atoms with van der Waals surface area (Å²) >= 11 is 0. The van der Waals surface area contributed by atoms with Crippen LogP contribution in [0.3, 0.4) is 0 Å². The number of phenols is 1. The Labute approximate surface area is 165 Å². The first kappa shape index (κ1) is 19.9. The molecule has 1 heterocycles. The maximum atomic E-state index is 10.4. The van der Waals surface area contributed by atoms with Gasteiger partial charge in [0, 0.05) is 30.4 Å². The lowest BCUT2D eigenvalue weighted by molar-refractivity contribution is 0.158. The van der Waals surface area contributed by atoms with E-state index in [4.69, 9.17) is 5.73 Å². The minimum absolute atomic E-state index is 0.0273. The molecule has 3 aromatic rings. The molecule has 28 heavy (non-hydrogen) atoms. The highest BCUT2D eigenvalue weighted by Gasteiger charge is 2.19. The quantitative estimate of drug-likeness (QED) is 0.355. The van der Waals surface area contributed by atoms with E-state index >= 15 is 0 Å². The van der Waals surface area contributed by atoms with Gasteiger partial charge in [0.15, 0.2) is 0 Å². The molecule has 0 radical (unpaired) electrons. The molecule has 5 N–H and O–H groups in total. The zero-order valence-electron chi connectivity index (χ0n) is 16.3. The summed E-state index contributed by atoms with van der Waals surface area (Å²) < 4.78 is 2.09. The molecule has 0 aliphatic rings. The average molecular weight is 380 g/mol. The molecule has 6 heteroatoms. The topological polar surface area (TPSA) is 96.3 Å². The first-order valence-corrected chi connectivity index (χ1v) is 9.43. The molecule has 0 aliphatic carbocycles. The number of nitrogens with two attached hydrogens (primary N) is 1. The maximum absolute atomic E-state index is 10.4. The van der Waals surface area contributed by atoms with Crippen LogP contribution in [0.1, 0.15) is 31.9 Å². The molecule has 6 nitrogen and oxygen atoms in total. The van der Waals surface area contributed by atoms with Crippen LogP contribution in [0.15, 0.2) is 61.1 Å². The number of aliphatic hydroxyl groups is 1. The number of aryl methyl sites for hydroxylation is 1. The Morgan fingerprint density at radius 2 is 1.93 bits per heavy atom. The number of nitrogen functional groups attached to an aromatic ring is 1. The Hall–Kier alpha value is -2.83. The minimum Gasteiger partial charge on any atom is -0.506 e. The number of hydrogen-bond acceptors (Lipinski definition) is 5. The van der Waals surface area contributed by atoms with Crippen molar-refractivity contribution >= 4 is 5.69 Å². The Kier molecular flexibility index (Phi) is 6.02. The summed E-state index contributed by atoms with van der Waals surface area (Å²) in [6, 6.07) is 14.9. The number of rotatable bonds is 8. The molecular formula is C22H28N4O2. The highest BCUT2D eigenvalue weighted by molar-refractivity contribution is 5.57. The van der Waals surface area contributed by atoms with Crippen LogP contribution >= 0.6 is 0 Å². The SMILES string of the molecule is CC(C)(CCn1cnc(-c2ccccc2)c1)NCC(O)c1ccc(O)c(N)c1. The van der Waals surface area contributed by atoms with E-state index in [9.17, 15) is 10.2 Å². The van der Waals surface area contributed by atoms with Crippen molar-refractivity contribution in [1.29, 1.82) is 0 Å². The van der Waals surface area contributed by atoms with Crippen LogP contribution in [-0.2, 0) is 6.54 Å². The summed E-state index contributed by atoms with van der Waals surface area (Å²) in [5.74, 6) is 0.0273. The van der Waals surface area contributed by atoms with Crippen LogP contribution in [0.5, 0.6) is 5.75 Å². The largest absolute Gasteiger partial charge is 0.506 e. The second kappa shape index (κ2) is 8.46. The zero-order valence-corrected chi connectivity index (χ0v) is 16.3. The van der Waals surface area contributed by atoms with Gasteiger partial charge in [-0.25, -0.2) is 4.98 Å². The van der Waals surface area contributed by atoms with E-state index in [1.807, 2.05) is 24.5 Å². The van der Waals surface area contributed by atoms with E-state index in [0.29, 0.717) is 12.1 Å². The number of imidazole rings is 1. The lowest BCUT2D eigenvalue weighted by Gasteiger charge is -2.28. The molecule has 0 saturated heterocycles. The molecule has 1 aromatic heterocycles. The van der Waals surface area contributed by atoms with Crippen LogP contribution in [0.25, 0.3) is 11.3 Å². The van der Waals surface area contributed by atoms with Gasteiger partial charge in [0.05, 0.1) is 23.8 Å². The van der Waals surface area contributed by atoms with Crippen LogP contribution in [0.2, 0.25) is 0 Å². The third-order valence-corrected chi connectivity index (χ3v) is 4.91. The monoisotopic (exact) mass is 380 g/mol. The van der Waals surface area contributed by atoms with E-state index < -0.39 is 6.10 Å². The van der Waals surface area contributed by atoms with Crippen molar-refractivity contribution in [1.82, 2.24) is 14.9 Å². The van der Waals surface area contributed by atoms with Gasteiger partial charge in [-0.05, 0) is 38.0 Å². The number of phenolic OH excluding ortho intramolecular Hbond substituents is 1. The van der Waals surface area contributed by atoms with Crippen molar-refractivity contribution < 1.29 is 10.2 Å². The van der Waals surface area contributed by atoms with E-state index in [0.717, 1.165) is 24.2 Å². The smallest absolute Gasteiger partial charge is 0.138 e. The second-order valence-corrected chi connectivity index (χ2v) is 7.71. The van der Waals surface area contributed by atoms with Gasteiger partial charge in [-0.2, -0.15) is 0 Å². The third kappa shape index (κ3) is 5.12. The molecule has 3 rings (SSSR count). The summed E-state index contributed by atoms with van der Waals surface area (Å²) in [6.07, 6.45) is 4.09. The second-order valence-electron chi connectivity index (χ2n) is 7.71. The van der Waals surface area contributed by atoms with Crippen LogP contribution in [0, 0.1) is 0 Å². The van der Waals surface area contributed by atoms with Crippen molar-refractivity contribution in [2.24, 2.45) is 0 Å². The Bertz CT molecular complexity index is 906. The number of nitrogens with one attached hydrogen (secondary N) is 1. The molecule has 0 bridgehead atoms. The molecule has 0 aliphatic heterocycles. The maximum Gasteiger partial charge on any atom is 0.138 e. The molecule has 0 amide bonds. The fraction of sp³-hybridized carbons (Fsp3) is 0.318. The summed E-state index contributed by atoms with van der Waals surface area (Å²) in [7, 11) is 0. The van der Waals surface area contributed by atoms with Gasteiger partial charge >= 0.3 is 0 Å². The lowest BCUT2D eigenvalue weighted by atomic mass is 9.99. The van der Waals surface area contributed by atoms with Crippen molar-refractivity contribution in [3.63, 3.8) is 0 Å². The van der Waals surface area contributed by atoms with Gasteiger partial charge in [-0.15, -0.1) is 0 Å². The number of nitrogens with zero attached hydrogens (tertiary/aromatic N) is 2. The Morgan fingerprint density at radius 3 is 2.64 bits per heavy atom. The summed E-state index contributed by atoms with van der Waals surface area (Å²) in [5, 5.41) is 23.3. The van der Waals surface area contributed by atoms with E-state index in [1.54, 1.807) is 12.1 Å². The molecule has 0 spiro atoms. The first-order chi connectivity index (χ1) is 13.3. The lowest BCUT2D eigenvalue weighted by Crippen LogP contribution is -2.42. The number of aromatic hydroxyl groups is 1. The summed E-state index contributed by atoms with van der Waals surface area (Å²) in [5.41, 5.74) is 8.56. The van der Waals surface area contributed by atoms with E-state index in [1.165, 1.54) is 6.07 Å². The standard InChI is InChI=1S/C22H28N4O2/c1-22(2,25-13-21(28)17-8-9-20(27)18(23)12-17)10-11-26-14-19(24-15-26)16-6-4-3-5-7-16/h3-9,12,14-15,21,25,27-28H,10-11,13,23H2,1-2H3. The summed E-state index contributed by atoms with van der Waals surface area (Å²) in [6.45, 7) is 5.44. The van der Waals surface area contributed by atoms with Crippen molar-refractivity contribution in [2.75, 3.05) is 12.3 Å². The molecule has 1 unspecified atom stereocenters. The number of hydrogen-bond donors (Lipinski definition) is 4. The predicted molar refractivity (Wildman–Crippen MR) is 112 cm³/mol. The van der Waals surface area contributed by atoms with Crippen LogP contribution in [0.4, 0.5) is 5.69 Å². The first-order valence-electron chi connectivity index (χ1n) is 9.43. The number of benzene rings is 2. The van der Waals surface area contributed by atoms with Crippen molar-refractivity contribution in [2.45, 2.75) is 38.5 Å². The highest BCUT2D eigenvalue weighted by Crippen LogP contribution is 2.24. The van der Waals surface area contributed by atoms with Gasteiger partial charge < -0.3 is 25.8 Å². The van der Waals surface area contributed by atoms with Crippen molar-refractivity contribution in [3.05, 3.63) is 66.6 Å². The zero-order chi connectivity index (χ0) is 20.1. The van der Waals surface area contributed by atoms with Gasteiger partial charge in [0.1, 0.15) is 5.75 Å². The predicted octanol–water partition coefficient (Wildman–Crippen LogP) is 3.33. The number of aliphatic hydroxyl groups excluding tert-OH is 1. The van der Waals surface area contributed by atoms with Gasteiger partial charge in [0.25, 0.3) is 0 Å². The molecule has 2 aromatic carbocycles. The molecular weight excluding hydrogens is 352 g/mol. The van der Waals surface area contributed by atoms with E-state index in [2.05, 4.69) is 47.0 Å². The number of aromatic nitrogens is 2. The minimum atomic E-state index is -0.694. The van der Waals surface area contributed by atoms with Gasteiger partial charge in [0.2, 0.25) is 0 Å². The average Bonchev–Trinajstić information content (AvgIpc) is 3.17. The van der Waals surface area contributed by atoms with Crippen LogP contribution < -0.4 is 11.1 Å². The Morgan fingerprint density at radius 1 is 1.18 bits per heavy atom. The molecule has 1 atom stereocenters. The fourth-order valence-corrected chi connectivity index (χ4v) is 3.01. The molecule has 148 valence electrons. The van der Waals surface area contributed by atoms with Crippen LogP contribution in [-0.4, -0.2) is 31.8 Å². The highest BCUT2D eigenvalue weighted by atomic mass is 16.3. The van der Waals surface area contributed by atoms with E-state index in [-0.39, 0.29) is 17.0 Å². The molecule has 0 fully saturated rings. The van der Waals surface area contributed by atoms with Crippen molar-refractivity contribution in [3.8, 4) is 17.0 Å². The third-order valence-electron chi connectivity index (χ3n) is 4.91. The number of β-amino-alcohol motifs (C(OH)–C–C–N with tert-alkyl or cyclic N) is 1. The van der Waals surface area contributed by atoms with Gasteiger partial charge in [-0.3, -0.25) is 0 Å². The molecule has 0 saturated carbocycles.